The monoisotopic (exact) mass is 451 g/mol. The van der Waals surface area contributed by atoms with Crippen molar-refractivity contribution in [2.24, 2.45) is 0 Å². The van der Waals surface area contributed by atoms with Gasteiger partial charge in [-0.3, -0.25) is 4.31 Å². The Kier molecular flexibility index (Phi) is 7.00. The standard InChI is InChI=1S/C25H25NO5S/c1-18(2)16-26(32(29,30)22-7-5-4-6-8-22)23-14-9-19(3)15-24(23)31-17-20-10-12-21(13-11-20)25(27)28/h4-15H,1,16-17H2,2-3H3,(H,27,28). The van der Waals surface area contributed by atoms with Crippen LogP contribution in [-0.2, 0) is 16.6 Å². The number of aryl methyl sites for hydroxylation is 1. The number of nitrogens with zero attached hydrogens (tertiary/aromatic N) is 1. The molecule has 1 N–H and O–H groups in total. The number of benzene rings is 3. The highest BCUT2D eigenvalue weighted by Crippen LogP contribution is 2.34. The molecule has 0 radical (unpaired) electrons. The van der Waals surface area contributed by atoms with Crippen LogP contribution in [0.1, 0.15) is 28.4 Å². The summed E-state index contributed by atoms with van der Waals surface area (Å²) in [5, 5.41) is 9.05. The fourth-order valence-electron chi connectivity index (χ4n) is 3.11. The Morgan fingerprint density at radius 3 is 2.28 bits per heavy atom. The largest absolute Gasteiger partial charge is 0.487 e. The van der Waals surface area contributed by atoms with Crippen molar-refractivity contribution in [3.8, 4) is 5.75 Å². The van der Waals surface area contributed by atoms with Gasteiger partial charge in [0.25, 0.3) is 10.0 Å². The van der Waals surface area contributed by atoms with Gasteiger partial charge in [-0.2, -0.15) is 0 Å². The third kappa shape index (κ3) is 5.36. The van der Waals surface area contributed by atoms with Crippen LogP contribution in [0.5, 0.6) is 5.75 Å². The molecule has 0 atom stereocenters. The van der Waals surface area contributed by atoms with Gasteiger partial charge in [-0.15, -0.1) is 0 Å². The second-order valence-corrected chi connectivity index (χ2v) is 9.41. The third-order valence-corrected chi connectivity index (χ3v) is 6.50. The lowest BCUT2D eigenvalue weighted by Gasteiger charge is -2.27. The molecule has 0 unspecified atom stereocenters. The summed E-state index contributed by atoms with van der Waals surface area (Å²) in [6.07, 6.45) is 0. The minimum absolute atomic E-state index is 0.101. The van der Waals surface area contributed by atoms with Crippen LogP contribution in [0.25, 0.3) is 0 Å². The predicted octanol–water partition coefficient (Wildman–Crippen LogP) is 5.04. The van der Waals surface area contributed by atoms with Gasteiger partial charge in [-0.1, -0.05) is 48.6 Å². The molecule has 0 aromatic heterocycles. The number of aromatic carboxylic acids is 1. The van der Waals surface area contributed by atoms with Crippen molar-refractivity contribution < 1.29 is 23.1 Å². The van der Waals surface area contributed by atoms with Gasteiger partial charge in [-0.25, -0.2) is 13.2 Å². The van der Waals surface area contributed by atoms with E-state index in [9.17, 15) is 13.2 Å². The Hall–Kier alpha value is -3.58. The van der Waals surface area contributed by atoms with Crippen molar-refractivity contribution in [1.29, 1.82) is 0 Å². The van der Waals surface area contributed by atoms with Crippen LogP contribution in [0.4, 0.5) is 5.69 Å². The molecule has 6 nitrogen and oxygen atoms in total. The van der Waals surface area contributed by atoms with Gasteiger partial charge < -0.3 is 9.84 Å². The van der Waals surface area contributed by atoms with Crippen molar-refractivity contribution in [2.45, 2.75) is 25.3 Å². The van der Waals surface area contributed by atoms with E-state index in [1.54, 1.807) is 61.5 Å². The summed E-state index contributed by atoms with van der Waals surface area (Å²) < 4.78 is 34.2. The number of ether oxygens (including phenoxy) is 1. The van der Waals surface area contributed by atoms with Gasteiger partial charge in [0.1, 0.15) is 12.4 Å². The van der Waals surface area contributed by atoms with E-state index in [1.807, 2.05) is 13.0 Å². The zero-order chi connectivity index (χ0) is 23.3. The van der Waals surface area contributed by atoms with E-state index in [2.05, 4.69) is 6.58 Å². The fourth-order valence-corrected chi connectivity index (χ4v) is 4.67. The topological polar surface area (TPSA) is 83.9 Å². The Morgan fingerprint density at radius 2 is 1.69 bits per heavy atom. The molecule has 0 amide bonds. The molecule has 3 rings (SSSR count). The SMILES string of the molecule is C=C(C)CN(c1ccc(C)cc1OCc1ccc(C(=O)O)cc1)S(=O)(=O)c1ccccc1. The van der Waals surface area contributed by atoms with Gasteiger partial charge in [0.2, 0.25) is 0 Å². The Labute approximate surface area is 188 Å². The molecule has 166 valence electrons. The van der Waals surface area contributed by atoms with Crippen LogP contribution in [0.15, 0.2) is 89.8 Å². The lowest BCUT2D eigenvalue weighted by atomic mass is 10.1. The number of carboxylic acid groups (broad SMARTS) is 1. The van der Waals surface area contributed by atoms with Crippen LogP contribution in [0, 0.1) is 6.92 Å². The van der Waals surface area contributed by atoms with Crippen molar-refractivity contribution in [2.75, 3.05) is 10.8 Å². The normalized spacial score (nSPS) is 11.1. The van der Waals surface area contributed by atoms with Crippen molar-refractivity contribution in [1.82, 2.24) is 0 Å². The number of sulfonamides is 1. The molecule has 3 aromatic carbocycles. The van der Waals surface area contributed by atoms with E-state index in [4.69, 9.17) is 9.84 Å². The smallest absolute Gasteiger partial charge is 0.335 e. The minimum Gasteiger partial charge on any atom is -0.487 e. The molecule has 0 fully saturated rings. The number of carbonyl (C=O) groups is 1. The Morgan fingerprint density at radius 1 is 1.03 bits per heavy atom. The summed E-state index contributed by atoms with van der Waals surface area (Å²) in [7, 11) is -3.86. The van der Waals surface area contributed by atoms with Gasteiger partial charge in [0.05, 0.1) is 22.7 Å². The minimum atomic E-state index is -3.86. The first-order chi connectivity index (χ1) is 15.2. The number of rotatable bonds is 9. The molecule has 0 aliphatic rings. The van der Waals surface area contributed by atoms with Crippen molar-refractivity contribution >= 4 is 21.7 Å². The van der Waals surface area contributed by atoms with E-state index in [0.717, 1.165) is 11.1 Å². The number of carboxylic acids is 1. The van der Waals surface area contributed by atoms with E-state index in [-0.39, 0.29) is 23.6 Å². The maximum Gasteiger partial charge on any atom is 0.335 e. The zero-order valence-electron chi connectivity index (χ0n) is 18.0. The van der Waals surface area contributed by atoms with Crippen LogP contribution in [-0.4, -0.2) is 26.0 Å². The van der Waals surface area contributed by atoms with Crippen LogP contribution < -0.4 is 9.04 Å². The van der Waals surface area contributed by atoms with Crippen molar-refractivity contribution in [3.05, 3.63) is 102 Å². The Balaban J connectivity index is 1.97. The summed E-state index contributed by atoms with van der Waals surface area (Å²) in [4.78, 5) is 11.2. The maximum absolute atomic E-state index is 13.5. The predicted molar refractivity (Wildman–Crippen MR) is 125 cm³/mol. The molecule has 32 heavy (non-hydrogen) atoms. The zero-order valence-corrected chi connectivity index (χ0v) is 18.8. The van der Waals surface area contributed by atoms with Gasteiger partial charge in [0.15, 0.2) is 0 Å². The number of anilines is 1. The third-order valence-electron chi connectivity index (χ3n) is 4.72. The van der Waals surface area contributed by atoms with E-state index >= 15 is 0 Å². The van der Waals surface area contributed by atoms with Gasteiger partial charge in [-0.05, 0) is 61.4 Å². The lowest BCUT2D eigenvalue weighted by molar-refractivity contribution is 0.0697. The second kappa shape index (κ2) is 9.70. The lowest BCUT2D eigenvalue weighted by Crippen LogP contribution is -2.32. The summed E-state index contributed by atoms with van der Waals surface area (Å²) in [5.74, 6) is -0.590. The molecule has 0 heterocycles. The highest BCUT2D eigenvalue weighted by Gasteiger charge is 2.27. The first-order valence-corrected chi connectivity index (χ1v) is 11.4. The molecular weight excluding hydrogens is 426 g/mol. The molecule has 3 aromatic rings. The van der Waals surface area contributed by atoms with Crippen molar-refractivity contribution in [3.63, 3.8) is 0 Å². The van der Waals surface area contributed by atoms with E-state index in [0.29, 0.717) is 17.0 Å². The average Bonchev–Trinajstić information content (AvgIpc) is 2.77. The quantitative estimate of drug-likeness (QED) is 0.461. The molecular formula is C25H25NO5S. The maximum atomic E-state index is 13.5. The fraction of sp³-hybridized carbons (Fsp3) is 0.160. The van der Waals surface area contributed by atoms with Crippen LogP contribution in [0.3, 0.4) is 0 Å². The number of hydrogen-bond acceptors (Lipinski definition) is 4. The highest BCUT2D eigenvalue weighted by atomic mass is 32.2. The average molecular weight is 452 g/mol. The molecule has 0 saturated carbocycles. The number of hydrogen-bond donors (Lipinski definition) is 1. The van der Waals surface area contributed by atoms with Crippen LogP contribution >= 0.6 is 0 Å². The summed E-state index contributed by atoms with van der Waals surface area (Å²) >= 11 is 0. The second-order valence-electron chi connectivity index (χ2n) is 7.54. The first kappa shape index (κ1) is 23.1. The molecule has 0 saturated heterocycles. The van der Waals surface area contributed by atoms with Gasteiger partial charge in [0, 0.05) is 0 Å². The first-order valence-electron chi connectivity index (χ1n) is 9.96. The molecule has 0 spiro atoms. The molecule has 0 bridgehead atoms. The highest BCUT2D eigenvalue weighted by molar-refractivity contribution is 7.92. The van der Waals surface area contributed by atoms with Gasteiger partial charge >= 0.3 is 5.97 Å². The summed E-state index contributed by atoms with van der Waals surface area (Å²) in [6, 6.07) is 19.9. The molecule has 0 aliphatic carbocycles. The van der Waals surface area contributed by atoms with E-state index < -0.39 is 16.0 Å². The summed E-state index contributed by atoms with van der Waals surface area (Å²) in [6.45, 7) is 7.82. The summed E-state index contributed by atoms with van der Waals surface area (Å²) in [5.41, 5.74) is 2.95. The van der Waals surface area contributed by atoms with E-state index in [1.165, 1.54) is 16.4 Å². The Bertz CT molecular complexity index is 1220. The molecule has 7 heteroatoms. The van der Waals surface area contributed by atoms with Crippen LogP contribution in [0.2, 0.25) is 0 Å². The molecule has 0 aliphatic heterocycles.